The topological polar surface area (TPSA) is 42.2 Å². The summed E-state index contributed by atoms with van der Waals surface area (Å²) in [4.78, 5) is 4.62. The van der Waals surface area contributed by atoms with Crippen molar-refractivity contribution >= 4 is 22.6 Å². The van der Waals surface area contributed by atoms with Crippen LogP contribution in [-0.4, -0.2) is 26.7 Å². The van der Waals surface area contributed by atoms with Crippen LogP contribution in [0.5, 0.6) is 0 Å². The van der Waals surface area contributed by atoms with E-state index in [1.165, 1.54) is 0 Å². The minimum absolute atomic E-state index is 0.453. The molecule has 0 saturated carbocycles. The summed E-state index contributed by atoms with van der Waals surface area (Å²) in [5.74, 6) is 1.70. The van der Waals surface area contributed by atoms with Crippen LogP contribution in [0.15, 0.2) is 17.4 Å². The second-order valence-electron chi connectivity index (χ2n) is 4.08. The van der Waals surface area contributed by atoms with Gasteiger partial charge in [-0.15, -0.1) is 0 Å². The molecule has 1 aromatic rings. The van der Waals surface area contributed by atoms with Crippen molar-refractivity contribution < 1.29 is 0 Å². The van der Waals surface area contributed by atoms with Crippen LogP contribution in [0.3, 0.4) is 0 Å². The number of aromatic nitrogens is 2. The Morgan fingerprint density at radius 1 is 1.60 bits per heavy atom. The van der Waals surface area contributed by atoms with Gasteiger partial charge in [0.15, 0.2) is 5.17 Å². The van der Waals surface area contributed by atoms with Gasteiger partial charge in [-0.05, 0) is 5.92 Å². The van der Waals surface area contributed by atoms with Gasteiger partial charge in [0.1, 0.15) is 0 Å². The van der Waals surface area contributed by atoms with Crippen molar-refractivity contribution in [1.82, 2.24) is 9.78 Å². The Bertz CT molecular complexity index is 369. The third-order valence-corrected chi connectivity index (χ3v) is 3.39. The molecule has 0 spiro atoms. The number of thioether (sulfide) groups is 1. The first-order valence-electron chi connectivity index (χ1n) is 5.11. The average molecular weight is 224 g/mol. The second kappa shape index (κ2) is 4.26. The number of anilines is 1. The first-order chi connectivity index (χ1) is 7.15. The van der Waals surface area contributed by atoms with Crippen molar-refractivity contribution in [2.75, 3.05) is 11.1 Å². The van der Waals surface area contributed by atoms with Gasteiger partial charge in [0.25, 0.3) is 0 Å². The number of nitrogens with one attached hydrogen (secondary N) is 1. The van der Waals surface area contributed by atoms with E-state index in [0.717, 1.165) is 16.6 Å². The molecule has 5 heteroatoms. The molecule has 1 aromatic heterocycles. The number of amidine groups is 1. The first-order valence-corrected chi connectivity index (χ1v) is 6.10. The van der Waals surface area contributed by atoms with Gasteiger partial charge < -0.3 is 5.32 Å². The van der Waals surface area contributed by atoms with E-state index >= 15 is 0 Å². The molecule has 0 bridgehead atoms. The molecular weight excluding hydrogens is 208 g/mol. The third-order valence-electron chi connectivity index (χ3n) is 2.40. The molecule has 0 unspecified atom stereocenters. The fourth-order valence-corrected chi connectivity index (χ4v) is 2.60. The zero-order valence-electron chi connectivity index (χ0n) is 9.27. The van der Waals surface area contributed by atoms with Gasteiger partial charge in [0, 0.05) is 19.0 Å². The Labute approximate surface area is 94.2 Å². The lowest BCUT2D eigenvalue weighted by molar-refractivity contribution is 0.543. The lowest BCUT2D eigenvalue weighted by Gasteiger charge is -2.07. The number of hydrogen-bond donors (Lipinski definition) is 1. The molecule has 1 atom stereocenters. The van der Waals surface area contributed by atoms with E-state index in [1.54, 1.807) is 16.4 Å². The van der Waals surface area contributed by atoms with E-state index in [2.05, 4.69) is 29.3 Å². The van der Waals surface area contributed by atoms with E-state index < -0.39 is 0 Å². The van der Waals surface area contributed by atoms with Gasteiger partial charge >= 0.3 is 0 Å². The van der Waals surface area contributed by atoms with Crippen LogP contribution >= 0.6 is 11.8 Å². The van der Waals surface area contributed by atoms with E-state index in [4.69, 9.17) is 0 Å². The third kappa shape index (κ3) is 2.53. The van der Waals surface area contributed by atoms with E-state index in [0.29, 0.717) is 12.0 Å². The van der Waals surface area contributed by atoms with Crippen LogP contribution in [0, 0.1) is 5.92 Å². The molecule has 0 saturated heterocycles. The lowest BCUT2D eigenvalue weighted by atomic mass is 10.1. The molecular formula is C10H16N4S. The molecule has 1 N–H and O–H groups in total. The van der Waals surface area contributed by atoms with Crippen LogP contribution < -0.4 is 5.32 Å². The maximum atomic E-state index is 4.62. The maximum absolute atomic E-state index is 4.62. The van der Waals surface area contributed by atoms with E-state index in [1.807, 2.05) is 19.4 Å². The number of nitrogens with zero attached hydrogens (tertiary/aromatic N) is 3. The SMILES string of the molecule is CC(C)[C@H]1CSC(Nc2cnn(C)c2)=N1. The zero-order chi connectivity index (χ0) is 10.8. The molecule has 4 nitrogen and oxygen atoms in total. The molecule has 0 aromatic carbocycles. The Morgan fingerprint density at radius 2 is 2.40 bits per heavy atom. The predicted molar refractivity (Wildman–Crippen MR) is 65.3 cm³/mol. The summed E-state index contributed by atoms with van der Waals surface area (Å²) >= 11 is 1.78. The Hall–Kier alpha value is -0.970. The van der Waals surface area contributed by atoms with Crippen LogP contribution in [-0.2, 0) is 7.05 Å². The van der Waals surface area contributed by atoms with Crippen molar-refractivity contribution in [3.05, 3.63) is 12.4 Å². The molecule has 0 fully saturated rings. The average Bonchev–Trinajstić information content (AvgIpc) is 2.76. The highest BCUT2D eigenvalue weighted by Crippen LogP contribution is 2.24. The number of rotatable bonds is 2. The molecule has 1 aliphatic rings. The smallest absolute Gasteiger partial charge is 0.161 e. The molecule has 2 rings (SSSR count). The summed E-state index contributed by atoms with van der Waals surface area (Å²) < 4.78 is 1.78. The molecule has 82 valence electrons. The van der Waals surface area contributed by atoms with Crippen LogP contribution in [0.4, 0.5) is 5.69 Å². The minimum Gasteiger partial charge on any atom is -0.332 e. The standard InChI is InChI=1S/C10H16N4S/c1-7(2)9-6-15-10(13-9)12-8-4-11-14(3)5-8/h4-5,7,9H,6H2,1-3H3,(H,12,13)/t9-/m1/s1. The normalized spacial score (nSPS) is 20.8. The Kier molecular flexibility index (Phi) is 3.00. The summed E-state index contributed by atoms with van der Waals surface area (Å²) in [5.41, 5.74) is 1.01. The van der Waals surface area contributed by atoms with Gasteiger partial charge in [0.2, 0.25) is 0 Å². The molecule has 0 radical (unpaired) electrons. The quantitative estimate of drug-likeness (QED) is 0.835. The highest BCUT2D eigenvalue weighted by Gasteiger charge is 2.21. The van der Waals surface area contributed by atoms with Gasteiger partial charge in [-0.2, -0.15) is 5.10 Å². The summed E-state index contributed by atoms with van der Waals surface area (Å²) in [6.07, 6.45) is 3.76. The van der Waals surface area contributed by atoms with Gasteiger partial charge in [0.05, 0.1) is 17.9 Å². The fraction of sp³-hybridized carbons (Fsp3) is 0.600. The maximum Gasteiger partial charge on any atom is 0.161 e. The number of hydrogen-bond acceptors (Lipinski definition) is 4. The van der Waals surface area contributed by atoms with E-state index in [-0.39, 0.29) is 0 Å². The second-order valence-corrected chi connectivity index (χ2v) is 5.09. The molecule has 15 heavy (non-hydrogen) atoms. The predicted octanol–water partition coefficient (Wildman–Crippen LogP) is 1.96. The summed E-state index contributed by atoms with van der Waals surface area (Å²) in [7, 11) is 1.91. The van der Waals surface area contributed by atoms with Gasteiger partial charge in [-0.3, -0.25) is 9.67 Å². The molecule has 1 aliphatic heterocycles. The monoisotopic (exact) mass is 224 g/mol. The van der Waals surface area contributed by atoms with Gasteiger partial charge in [-0.25, -0.2) is 0 Å². The first kappa shape index (κ1) is 10.5. The van der Waals surface area contributed by atoms with Crippen LogP contribution in [0.1, 0.15) is 13.8 Å². The summed E-state index contributed by atoms with van der Waals surface area (Å²) in [6, 6.07) is 0.453. The van der Waals surface area contributed by atoms with Crippen molar-refractivity contribution in [3.8, 4) is 0 Å². The van der Waals surface area contributed by atoms with E-state index in [9.17, 15) is 0 Å². The molecule has 0 amide bonds. The molecule has 0 aliphatic carbocycles. The Morgan fingerprint density at radius 3 is 2.93 bits per heavy atom. The zero-order valence-corrected chi connectivity index (χ0v) is 10.1. The van der Waals surface area contributed by atoms with Crippen LogP contribution in [0.25, 0.3) is 0 Å². The lowest BCUT2D eigenvalue weighted by Crippen LogP contribution is -2.12. The van der Waals surface area contributed by atoms with Crippen molar-refractivity contribution in [2.24, 2.45) is 18.0 Å². The number of aryl methyl sites for hydroxylation is 1. The highest BCUT2D eigenvalue weighted by molar-refractivity contribution is 8.14. The summed E-state index contributed by atoms with van der Waals surface area (Å²) in [5, 5.41) is 8.39. The van der Waals surface area contributed by atoms with Crippen molar-refractivity contribution in [3.63, 3.8) is 0 Å². The molecule has 2 heterocycles. The minimum atomic E-state index is 0.453. The van der Waals surface area contributed by atoms with Crippen molar-refractivity contribution in [2.45, 2.75) is 19.9 Å². The summed E-state index contributed by atoms with van der Waals surface area (Å²) in [6.45, 7) is 4.42. The number of aliphatic imine (C=N–C) groups is 1. The van der Waals surface area contributed by atoms with Crippen molar-refractivity contribution in [1.29, 1.82) is 0 Å². The highest BCUT2D eigenvalue weighted by atomic mass is 32.2. The Balaban J connectivity index is 1.99. The fourth-order valence-electron chi connectivity index (χ4n) is 1.41. The van der Waals surface area contributed by atoms with Gasteiger partial charge in [-0.1, -0.05) is 25.6 Å². The van der Waals surface area contributed by atoms with Crippen LogP contribution in [0.2, 0.25) is 0 Å². The largest absolute Gasteiger partial charge is 0.332 e.